The number of alkyl halides is 2. The zero-order valence-electron chi connectivity index (χ0n) is 19.8. The zero-order valence-corrected chi connectivity index (χ0v) is 20.6. The summed E-state index contributed by atoms with van der Waals surface area (Å²) in [6.45, 7) is 5.37. The number of thiazole rings is 1. The van der Waals surface area contributed by atoms with Gasteiger partial charge in [-0.05, 0) is 18.4 Å². The van der Waals surface area contributed by atoms with E-state index < -0.39 is 12.5 Å². The van der Waals surface area contributed by atoms with E-state index in [-0.39, 0.29) is 11.3 Å². The van der Waals surface area contributed by atoms with Gasteiger partial charge in [-0.15, -0.1) is 11.3 Å². The average molecular weight is 515 g/mol. The number of carbonyl (C=O) groups excluding carboxylic acids is 2. The minimum Gasteiger partial charge on any atom is -0.324 e. The number of anilines is 2. The Hall–Kier alpha value is -3.71. The van der Waals surface area contributed by atoms with Crippen molar-refractivity contribution in [2.75, 3.05) is 30.3 Å². The summed E-state index contributed by atoms with van der Waals surface area (Å²) in [6.07, 6.45) is 7.23. The summed E-state index contributed by atoms with van der Waals surface area (Å²) >= 11 is 1.24. The van der Waals surface area contributed by atoms with E-state index in [4.69, 9.17) is 0 Å². The number of amides is 2. The first kappa shape index (κ1) is 24.0. The molecule has 1 aliphatic heterocycles. The summed E-state index contributed by atoms with van der Waals surface area (Å²) in [5.41, 5.74) is 2.58. The Labute approximate surface area is 208 Å². The van der Waals surface area contributed by atoms with Gasteiger partial charge in [-0.25, -0.2) is 9.20 Å². The molecule has 1 saturated heterocycles. The summed E-state index contributed by atoms with van der Waals surface area (Å²) in [5, 5.41) is 13.5. The highest BCUT2D eigenvalue weighted by Gasteiger charge is 2.34. The first-order valence-corrected chi connectivity index (χ1v) is 12.0. The van der Waals surface area contributed by atoms with Gasteiger partial charge in [0.2, 0.25) is 5.91 Å². The molecule has 1 aliphatic rings. The third-order valence-electron chi connectivity index (χ3n) is 5.82. The number of likely N-dealkylation sites (tertiary alicyclic amines) is 1. The maximum absolute atomic E-state index is 13.1. The summed E-state index contributed by atoms with van der Waals surface area (Å²) < 4.78 is 27.8. The second-order valence-electron chi connectivity index (χ2n) is 9.56. The van der Waals surface area contributed by atoms with Gasteiger partial charge >= 0.3 is 6.55 Å². The lowest BCUT2D eigenvalue weighted by atomic mass is 9.84. The van der Waals surface area contributed by atoms with Crippen LogP contribution in [-0.4, -0.2) is 60.7 Å². The van der Waals surface area contributed by atoms with Crippen molar-refractivity contribution < 1.29 is 18.4 Å². The van der Waals surface area contributed by atoms with Gasteiger partial charge in [0.05, 0.1) is 52.6 Å². The Morgan fingerprint density at radius 2 is 1.92 bits per heavy atom. The Morgan fingerprint density at radius 1 is 1.14 bits per heavy atom. The average Bonchev–Trinajstić information content (AvgIpc) is 3.49. The lowest BCUT2D eigenvalue weighted by Gasteiger charge is -2.45. The molecule has 13 heteroatoms. The van der Waals surface area contributed by atoms with E-state index in [0.717, 1.165) is 13.1 Å². The molecule has 36 heavy (non-hydrogen) atoms. The SMILES string of the molecule is Cc1ncc(NC(=O)CN2CC(C)(C)C2)cc1NC(=O)c1cnn2cc(-c3cnn(C(F)F)c3)sc12. The highest BCUT2D eigenvalue weighted by atomic mass is 32.1. The number of fused-ring (bicyclic) bond motifs is 1. The topological polar surface area (TPSA) is 109 Å². The third-order valence-corrected chi connectivity index (χ3v) is 6.98. The highest BCUT2D eigenvalue weighted by Crippen LogP contribution is 2.32. The second-order valence-corrected chi connectivity index (χ2v) is 10.6. The van der Waals surface area contributed by atoms with Crippen LogP contribution in [0.25, 0.3) is 15.3 Å². The summed E-state index contributed by atoms with van der Waals surface area (Å²) in [4.78, 5) is 33.0. The smallest absolute Gasteiger partial charge is 0.324 e. The van der Waals surface area contributed by atoms with E-state index >= 15 is 0 Å². The van der Waals surface area contributed by atoms with E-state index in [1.165, 1.54) is 34.4 Å². The molecule has 2 N–H and O–H groups in total. The molecule has 4 aromatic rings. The van der Waals surface area contributed by atoms with Crippen LogP contribution in [0.3, 0.4) is 0 Å². The molecule has 5 heterocycles. The van der Waals surface area contributed by atoms with Crippen molar-refractivity contribution in [1.82, 2.24) is 29.3 Å². The van der Waals surface area contributed by atoms with Gasteiger partial charge in [0, 0.05) is 31.0 Å². The summed E-state index contributed by atoms with van der Waals surface area (Å²) in [5.74, 6) is -0.550. The Morgan fingerprint density at radius 3 is 2.61 bits per heavy atom. The van der Waals surface area contributed by atoms with Crippen LogP contribution >= 0.6 is 11.3 Å². The Balaban J connectivity index is 1.29. The van der Waals surface area contributed by atoms with Gasteiger partial charge in [-0.2, -0.15) is 19.0 Å². The van der Waals surface area contributed by atoms with Crippen molar-refractivity contribution in [3.05, 3.63) is 48.3 Å². The number of nitrogens with one attached hydrogen (secondary N) is 2. The first-order chi connectivity index (χ1) is 17.1. The van der Waals surface area contributed by atoms with E-state index in [1.54, 1.807) is 25.4 Å². The maximum atomic E-state index is 13.1. The Bertz CT molecular complexity index is 1450. The monoisotopic (exact) mass is 514 g/mol. The molecule has 0 atom stereocenters. The predicted molar refractivity (Wildman–Crippen MR) is 131 cm³/mol. The predicted octanol–water partition coefficient (Wildman–Crippen LogP) is 3.89. The van der Waals surface area contributed by atoms with Crippen molar-refractivity contribution in [2.24, 2.45) is 5.41 Å². The van der Waals surface area contributed by atoms with Crippen LogP contribution in [0.4, 0.5) is 20.2 Å². The largest absolute Gasteiger partial charge is 0.333 e. The van der Waals surface area contributed by atoms with Crippen LogP contribution in [0.5, 0.6) is 0 Å². The fourth-order valence-electron chi connectivity index (χ4n) is 4.24. The standard InChI is InChI=1S/C23H24F2N8O2S/c1-13-17(4-15(6-26-13)29-19(34)10-31-11-23(2,3)12-31)30-20(35)16-7-28-32-9-18(36-21(16)32)14-5-27-33(8-14)22(24)25/h4-9,22H,10-12H2,1-3H3,(H,29,34)(H,30,35). The first-order valence-electron chi connectivity index (χ1n) is 11.2. The van der Waals surface area contributed by atoms with Crippen molar-refractivity contribution in [2.45, 2.75) is 27.3 Å². The minimum absolute atomic E-state index is 0.145. The number of aromatic nitrogens is 5. The van der Waals surface area contributed by atoms with Crippen molar-refractivity contribution in [3.8, 4) is 10.4 Å². The fourth-order valence-corrected chi connectivity index (χ4v) is 5.28. The van der Waals surface area contributed by atoms with Gasteiger partial charge in [-0.1, -0.05) is 13.8 Å². The molecule has 5 rings (SSSR count). The molecule has 0 radical (unpaired) electrons. The van der Waals surface area contributed by atoms with Gasteiger partial charge < -0.3 is 10.6 Å². The molecule has 0 aromatic carbocycles. The van der Waals surface area contributed by atoms with Crippen molar-refractivity contribution in [3.63, 3.8) is 0 Å². The fraction of sp³-hybridized carbons (Fsp3) is 0.348. The molecule has 2 amide bonds. The number of carbonyl (C=O) groups is 2. The van der Waals surface area contributed by atoms with E-state index in [2.05, 4.69) is 44.6 Å². The van der Waals surface area contributed by atoms with Crippen molar-refractivity contribution in [1.29, 1.82) is 0 Å². The van der Waals surface area contributed by atoms with Crippen LogP contribution in [0.1, 0.15) is 36.4 Å². The molecular formula is C23H24F2N8O2S. The number of aryl methyl sites for hydroxylation is 1. The number of hydrogen-bond acceptors (Lipinski definition) is 7. The molecule has 0 bridgehead atoms. The summed E-state index contributed by atoms with van der Waals surface area (Å²) in [6, 6.07) is 1.66. The molecular weight excluding hydrogens is 490 g/mol. The molecule has 1 fully saturated rings. The molecule has 4 aromatic heterocycles. The van der Waals surface area contributed by atoms with Gasteiger partial charge in [0.15, 0.2) is 0 Å². The highest BCUT2D eigenvalue weighted by molar-refractivity contribution is 7.21. The van der Waals surface area contributed by atoms with Gasteiger partial charge in [0.1, 0.15) is 4.83 Å². The van der Waals surface area contributed by atoms with Crippen LogP contribution in [-0.2, 0) is 4.79 Å². The number of nitrogens with zero attached hydrogens (tertiary/aromatic N) is 6. The van der Waals surface area contributed by atoms with Crippen LogP contribution in [0.2, 0.25) is 0 Å². The number of halogens is 2. The molecule has 10 nitrogen and oxygen atoms in total. The maximum Gasteiger partial charge on any atom is 0.333 e. The summed E-state index contributed by atoms with van der Waals surface area (Å²) in [7, 11) is 0. The minimum atomic E-state index is -2.73. The van der Waals surface area contributed by atoms with Gasteiger partial charge in [-0.3, -0.25) is 19.5 Å². The van der Waals surface area contributed by atoms with E-state index in [0.29, 0.717) is 49.1 Å². The number of pyridine rings is 1. The third kappa shape index (κ3) is 4.84. The normalized spacial score (nSPS) is 15.3. The lowest BCUT2D eigenvalue weighted by molar-refractivity contribution is -0.120. The molecule has 0 aliphatic carbocycles. The van der Waals surface area contributed by atoms with Crippen molar-refractivity contribution >= 4 is 39.4 Å². The zero-order chi connectivity index (χ0) is 25.6. The quantitative estimate of drug-likeness (QED) is 0.387. The van der Waals surface area contributed by atoms with Crippen LogP contribution < -0.4 is 10.6 Å². The second kappa shape index (κ2) is 9.06. The van der Waals surface area contributed by atoms with Crippen LogP contribution in [0.15, 0.2) is 37.1 Å². The van der Waals surface area contributed by atoms with E-state index in [9.17, 15) is 18.4 Å². The van der Waals surface area contributed by atoms with Gasteiger partial charge in [0.25, 0.3) is 5.91 Å². The lowest BCUT2D eigenvalue weighted by Crippen LogP contribution is -2.54. The molecule has 188 valence electrons. The Kier molecular flexibility index (Phi) is 6.04. The van der Waals surface area contributed by atoms with Crippen LogP contribution in [0, 0.1) is 12.3 Å². The molecule has 0 spiro atoms. The number of hydrogen-bond donors (Lipinski definition) is 2. The molecule has 0 unspecified atom stereocenters. The van der Waals surface area contributed by atoms with E-state index in [1.807, 2.05) is 0 Å². The molecule has 0 saturated carbocycles. The number of rotatable bonds is 7.